The van der Waals surface area contributed by atoms with E-state index in [0.717, 1.165) is 18.0 Å². The van der Waals surface area contributed by atoms with Gasteiger partial charge in [0.25, 0.3) is 0 Å². The molecule has 1 saturated carbocycles. The van der Waals surface area contributed by atoms with Crippen LogP contribution in [-0.4, -0.2) is 23.1 Å². The van der Waals surface area contributed by atoms with E-state index in [1.807, 2.05) is 24.3 Å². The summed E-state index contributed by atoms with van der Waals surface area (Å²) < 4.78 is 10.8. The molecule has 0 atom stereocenters. The summed E-state index contributed by atoms with van der Waals surface area (Å²) in [5, 5.41) is 3.40. The van der Waals surface area contributed by atoms with E-state index in [1.165, 1.54) is 12.8 Å². The lowest BCUT2D eigenvalue weighted by Gasteiger charge is -2.07. The number of methoxy groups -OCH3 is 1. The quantitative estimate of drug-likeness (QED) is 0.875. The minimum absolute atomic E-state index is 0.480. The molecule has 1 fully saturated rings. The molecule has 0 spiro atoms. The highest BCUT2D eigenvalue weighted by Gasteiger charge is 2.20. The van der Waals surface area contributed by atoms with Gasteiger partial charge in [-0.05, 0) is 25.0 Å². The topological polar surface area (TPSA) is 56.3 Å². The van der Waals surface area contributed by atoms with Crippen molar-refractivity contribution in [1.29, 1.82) is 0 Å². The minimum Gasteiger partial charge on any atom is -0.497 e. The number of aromatic nitrogens is 2. The van der Waals surface area contributed by atoms with E-state index in [-0.39, 0.29) is 0 Å². The second kappa shape index (κ2) is 5.88. The third-order valence-electron chi connectivity index (χ3n) is 3.09. The van der Waals surface area contributed by atoms with Gasteiger partial charge in [0, 0.05) is 18.7 Å². The van der Waals surface area contributed by atoms with E-state index >= 15 is 0 Å². The van der Waals surface area contributed by atoms with Crippen molar-refractivity contribution in [2.75, 3.05) is 7.11 Å². The predicted octanol–water partition coefficient (Wildman–Crippen LogP) is 2.53. The molecule has 1 aromatic carbocycles. The maximum Gasteiger partial charge on any atom is 0.237 e. The van der Waals surface area contributed by atoms with Crippen LogP contribution in [0, 0.1) is 0 Å². The van der Waals surface area contributed by atoms with Crippen LogP contribution in [0.25, 0.3) is 0 Å². The summed E-state index contributed by atoms with van der Waals surface area (Å²) >= 11 is 0. The highest BCUT2D eigenvalue weighted by atomic mass is 16.5. The zero-order valence-electron chi connectivity index (χ0n) is 11.4. The van der Waals surface area contributed by atoms with Crippen LogP contribution in [0.2, 0.25) is 0 Å². The molecule has 2 aromatic rings. The molecule has 20 heavy (non-hydrogen) atoms. The fraction of sp³-hybridized carbons (Fsp3) is 0.333. The van der Waals surface area contributed by atoms with Crippen LogP contribution in [0.15, 0.2) is 36.7 Å². The van der Waals surface area contributed by atoms with Crippen LogP contribution in [0.1, 0.15) is 18.5 Å². The summed E-state index contributed by atoms with van der Waals surface area (Å²) in [5.41, 5.74) is 0.926. The molecule has 0 saturated heterocycles. The van der Waals surface area contributed by atoms with Gasteiger partial charge in [-0.2, -0.15) is 0 Å². The van der Waals surface area contributed by atoms with E-state index < -0.39 is 0 Å². The molecule has 0 unspecified atom stereocenters. The summed E-state index contributed by atoms with van der Waals surface area (Å²) in [6, 6.07) is 8.07. The second-order valence-corrected chi connectivity index (χ2v) is 4.78. The molecule has 104 valence electrons. The van der Waals surface area contributed by atoms with Crippen LogP contribution < -0.4 is 14.8 Å². The van der Waals surface area contributed by atoms with Gasteiger partial charge in [-0.25, -0.2) is 4.98 Å². The Morgan fingerprint density at radius 2 is 2.05 bits per heavy atom. The van der Waals surface area contributed by atoms with Crippen LogP contribution in [0.5, 0.6) is 17.4 Å². The number of ether oxygens (including phenoxy) is 2. The molecule has 5 heteroatoms. The average molecular weight is 271 g/mol. The molecular formula is C15H17N3O2. The average Bonchev–Trinajstić information content (AvgIpc) is 3.31. The lowest BCUT2D eigenvalue weighted by atomic mass is 10.3. The third-order valence-corrected chi connectivity index (χ3v) is 3.09. The van der Waals surface area contributed by atoms with Crippen LogP contribution in [0.3, 0.4) is 0 Å². The van der Waals surface area contributed by atoms with Crippen molar-refractivity contribution in [3.05, 3.63) is 42.4 Å². The van der Waals surface area contributed by atoms with Crippen LogP contribution >= 0.6 is 0 Å². The van der Waals surface area contributed by atoms with E-state index in [2.05, 4.69) is 15.3 Å². The molecule has 1 aliphatic rings. The Kier molecular flexibility index (Phi) is 3.78. The highest BCUT2D eigenvalue weighted by Crippen LogP contribution is 2.23. The normalized spacial score (nSPS) is 14.1. The highest BCUT2D eigenvalue weighted by molar-refractivity contribution is 5.34. The van der Waals surface area contributed by atoms with Gasteiger partial charge < -0.3 is 14.8 Å². The SMILES string of the molecule is COc1cccc(Oc2cnc(CNC3CC3)cn2)c1. The molecule has 0 radical (unpaired) electrons. The monoisotopic (exact) mass is 271 g/mol. The lowest BCUT2D eigenvalue weighted by molar-refractivity contribution is 0.407. The summed E-state index contributed by atoms with van der Waals surface area (Å²) in [5.74, 6) is 1.91. The van der Waals surface area contributed by atoms with Crippen molar-refractivity contribution in [2.45, 2.75) is 25.4 Å². The molecule has 1 aliphatic carbocycles. The van der Waals surface area contributed by atoms with Crippen molar-refractivity contribution in [3.8, 4) is 17.4 Å². The molecule has 1 heterocycles. The summed E-state index contributed by atoms with van der Waals surface area (Å²) in [6.07, 6.45) is 5.92. The predicted molar refractivity (Wildman–Crippen MR) is 75.0 cm³/mol. The number of benzene rings is 1. The first-order valence-electron chi connectivity index (χ1n) is 6.70. The molecule has 0 aliphatic heterocycles. The molecule has 0 bridgehead atoms. The smallest absolute Gasteiger partial charge is 0.237 e. The molecule has 3 rings (SSSR count). The standard InChI is InChI=1S/C15H17N3O2/c1-19-13-3-2-4-14(7-13)20-15-10-17-12(9-18-15)8-16-11-5-6-11/h2-4,7,9-11,16H,5-6,8H2,1H3. The maximum absolute atomic E-state index is 5.64. The van der Waals surface area contributed by atoms with E-state index in [1.54, 1.807) is 19.5 Å². The molecule has 0 amide bonds. The number of hydrogen-bond donors (Lipinski definition) is 1. The first-order chi connectivity index (χ1) is 9.83. The van der Waals surface area contributed by atoms with Crippen LogP contribution in [-0.2, 0) is 6.54 Å². The van der Waals surface area contributed by atoms with Crippen molar-refractivity contribution >= 4 is 0 Å². The summed E-state index contributed by atoms with van der Waals surface area (Å²) in [7, 11) is 1.63. The Bertz CT molecular complexity index is 568. The van der Waals surface area contributed by atoms with Gasteiger partial charge in [0.1, 0.15) is 11.5 Å². The Labute approximate surface area is 118 Å². The zero-order valence-corrected chi connectivity index (χ0v) is 11.4. The van der Waals surface area contributed by atoms with Gasteiger partial charge in [0.05, 0.1) is 25.2 Å². The number of hydrogen-bond acceptors (Lipinski definition) is 5. The number of nitrogens with zero attached hydrogens (tertiary/aromatic N) is 2. The Balaban J connectivity index is 1.61. The number of rotatable bonds is 6. The Morgan fingerprint density at radius 3 is 2.75 bits per heavy atom. The van der Waals surface area contributed by atoms with Crippen molar-refractivity contribution in [1.82, 2.24) is 15.3 Å². The van der Waals surface area contributed by atoms with Crippen molar-refractivity contribution in [3.63, 3.8) is 0 Å². The van der Waals surface area contributed by atoms with Crippen molar-refractivity contribution < 1.29 is 9.47 Å². The summed E-state index contributed by atoms with van der Waals surface area (Å²) in [4.78, 5) is 8.60. The summed E-state index contributed by atoms with van der Waals surface area (Å²) in [6.45, 7) is 0.761. The molecule has 1 aromatic heterocycles. The van der Waals surface area contributed by atoms with Crippen LogP contribution in [0.4, 0.5) is 0 Å². The Morgan fingerprint density at radius 1 is 1.20 bits per heavy atom. The van der Waals surface area contributed by atoms with Gasteiger partial charge in [0.2, 0.25) is 5.88 Å². The Hall–Kier alpha value is -2.14. The van der Waals surface area contributed by atoms with E-state index in [4.69, 9.17) is 9.47 Å². The van der Waals surface area contributed by atoms with Gasteiger partial charge >= 0.3 is 0 Å². The second-order valence-electron chi connectivity index (χ2n) is 4.78. The van der Waals surface area contributed by atoms with Gasteiger partial charge in [-0.15, -0.1) is 0 Å². The first kappa shape index (κ1) is 12.9. The molecular weight excluding hydrogens is 254 g/mol. The lowest BCUT2D eigenvalue weighted by Crippen LogP contribution is -2.16. The largest absolute Gasteiger partial charge is 0.497 e. The van der Waals surface area contributed by atoms with E-state index in [0.29, 0.717) is 17.7 Å². The third kappa shape index (κ3) is 3.45. The van der Waals surface area contributed by atoms with Gasteiger partial charge in [-0.3, -0.25) is 4.98 Å². The first-order valence-corrected chi connectivity index (χ1v) is 6.70. The maximum atomic E-state index is 5.64. The zero-order chi connectivity index (χ0) is 13.8. The molecule has 1 N–H and O–H groups in total. The number of nitrogens with one attached hydrogen (secondary N) is 1. The van der Waals surface area contributed by atoms with Gasteiger partial charge in [0.15, 0.2) is 0 Å². The van der Waals surface area contributed by atoms with Crippen molar-refractivity contribution in [2.24, 2.45) is 0 Å². The minimum atomic E-state index is 0.480. The fourth-order valence-electron chi connectivity index (χ4n) is 1.81. The molecule has 5 nitrogen and oxygen atoms in total. The van der Waals surface area contributed by atoms with Gasteiger partial charge in [-0.1, -0.05) is 6.07 Å². The fourth-order valence-corrected chi connectivity index (χ4v) is 1.81. The van der Waals surface area contributed by atoms with E-state index in [9.17, 15) is 0 Å².